The minimum absolute atomic E-state index is 0.233. The highest BCUT2D eigenvalue weighted by Crippen LogP contribution is 2.23. The Balaban J connectivity index is 2.76. The van der Waals surface area contributed by atoms with E-state index in [1.807, 2.05) is 0 Å². The summed E-state index contributed by atoms with van der Waals surface area (Å²) in [6.07, 6.45) is -1.93. The molecule has 1 saturated heterocycles. The van der Waals surface area contributed by atoms with Gasteiger partial charge in [-0.15, -0.1) is 0 Å². The van der Waals surface area contributed by atoms with Crippen molar-refractivity contribution in [2.45, 2.75) is 45.2 Å². The molecular formula is C11H18O6. The summed E-state index contributed by atoms with van der Waals surface area (Å²) in [5, 5.41) is 0. The van der Waals surface area contributed by atoms with E-state index in [1.165, 1.54) is 21.0 Å². The molecule has 1 aliphatic rings. The van der Waals surface area contributed by atoms with Gasteiger partial charge in [-0.3, -0.25) is 9.59 Å². The van der Waals surface area contributed by atoms with Crippen molar-refractivity contribution < 1.29 is 28.5 Å². The first-order valence-corrected chi connectivity index (χ1v) is 5.44. The van der Waals surface area contributed by atoms with Gasteiger partial charge in [-0.05, 0) is 6.92 Å². The van der Waals surface area contributed by atoms with Crippen LogP contribution >= 0.6 is 0 Å². The molecule has 98 valence electrons. The molecule has 17 heavy (non-hydrogen) atoms. The summed E-state index contributed by atoms with van der Waals surface area (Å²) < 4.78 is 20.9. The molecule has 0 aromatic heterocycles. The Kier molecular flexibility index (Phi) is 4.89. The van der Waals surface area contributed by atoms with E-state index in [0.717, 1.165) is 0 Å². The molecule has 4 unspecified atom stereocenters. The van der Waals surface area contributed by atoms with Gasteiger partial charge in [-0.1, -0.05) is 0 Å². The predicted octanol–water partition coefficient (Wildman–Crippen LogP) is 0.283. The van der Waals surface area contributed by atoms with E-state index in [1.54, 1.807) is 6.92 Å². The number of ether oxygens (including phenoxy) is 4. The number of methoxy groups -OCH3 is 1. The minimum atomic E-state index is -0.574. The standard InChI is InChI=1S/C11H18O6/c1-6-10(17-8(3)13)11(14-4)9(5-15-6)16-7(2)12/h6,9-11H,5H2,1-4H3. The third-order valence-electron chi connectivity index (χ3n) is 2.57. The molecule has 6 nitrogen and oxygen atoms in total. The maximum Gasteiger partial charge on any atom is 0.303 e. The summed E-state index contributed by atoms with van der Waals surface area (Å²) in [6, 6.07) is 0. The average Bonchev–Trinajstić information content (AvgIpc) is 2.22. The first-order valence-electron chi connectivity index (χ1n) is 5.44. The fraction of sp³-hybridized carbons (Fsp3) is 0.818. The molecule has 1 heterocycles. The monoisotopic (exact) mass is 246 g/mol. The molecule has 0 aromatic rings. The van der Waals surface area contributed by atoms with Crippen LogP contribution in [0.25, 0.3) is 0 Å². The fourth-order valence-corrected chi connectivity index (χ4v) is 1.87. The van der Waals surface area contributed by atoms with E-state index in [-0.39, 0.29) is 12.7 Å². The summed E-state index contributed by atoms with van der Waals surface area (Å²) in [6.45, 7) is 4.64. The number of carbonyl (C=O) groups is 2. The first-order chi connectivity index (χ1) is 7.95. The van der Waals surface area contributed by atoms with E-state index in [9.17, 15) is 9.59 Å². The molecule has 1 fully saturated rings. The third kappa shape index (κ3) is 3.67. The summed E-state index contributed by atoms with van der Waals surface area (Å²) in [7, 11) is 1.48. The zero-order valence-corrected chi connectivity index (χ0v) is 10.5. The van der Waals surface area contributed by atoms with Crippen LogP contribution < -0.4 is 0 Å². The summed E-state index contributed by atoms with van der Waals surface area (Å²) >= 11 is 0. The maximum absolute atomic E-state index is 11.0. The van der Waals surface area contributed by atoms with Gasteiger partial charge in [0.25, 0.3) is 0 Å². The van der Waals surface area contributed by atoms with Gasteiger partial charge in [0.1, 0.15) is 6.10 Å². The average molecular weight is 246 g/mol. The number of esters is 2. The Morgan fingerprint density at radius 2 is 1.71 bits per heavy atom. The van der Waals surface area contributed by atoms with E-state index in [0.29, 0.717) is 0 Å². The van der Waals surface area contributed by atoms with Gasteiger partial charge in [-0.2, -0.15) is 0 Å². The van der Waals surface area contributed by atoms with E-state index in [2.05, 4.69) is 0 Å². The second-order valence-corrected chi connectivity index (χ2v) is 3.96. The van der Waals surface area contributed by atoms with Gasteiger partial charge in [0.15, 0.2) is 12.2 Å². The van der Waals surface area contributed by atoms with Crippen LogP contribution in [0.3, 0.4) is 0 Å². The lowest BCUT2D eigenvalue weighted by Crippen LogP contribution is -2.55. The smallest absolute Gasteiger partial charge is 0.303 e. The predicted molar refractivity (Wildman–Crippen MR) is 57.3 cm³/mol. The number of hydrogen-bond acceptors (Lipinski definition) is 6. The molecule has 0 saturated carbocycles. The van der Waals surface area contributed by atoms with Crippen molar-refractivity contribution >= 4 is 11.9 Å². The zero-order chi connectivity index (χ0) is 13.0. The van der Waals surface area contributed by atoms with E-state index < -0.39 is 30.3 Å². The molecule has 0 spiro atoms. The molecule has 0 aliphatic carbocycles. The lowest BCUT2D eigenvalue weighted by atomic mass is 10.0. The highest BCUT2D eigenvalue weighted by Gasteiger charge is 2.42. The van der Waals surface area contributed by atoms with E-state index >= 15 is 0 Å². The molecule has 0 amide bonds. The molecule has 1 aliphatic heterocycles. The number of hydrogen-bond donors (Lipinski definition) is 0. The Bertz CT molecular complexity index is 290. The van der Waals surface area contributed by atoms with Gasteiger partial charge < -0.3 is 18.9 Å². The lowest BCUT2D eigenvalue weighted by Gasteiger charge is -2.39. The van der Waals surface area contributed by atoms with Crippen LogP contribution in [0, 0.1) is 0 Å². The van der Waals surface area contributed by atoms with Crippen molar-refractivity contribution in [2.75, 3.05) is 13.7 Å². The lowest BCUT2D eigenvalue weighted by molar-refractivity contribution is -0.218. The molecule has 6 heteroatoms. The van der Waals surface area contributed by atoms with Crippen LogP contribution in [0.5, 0.6) is 0 Å². The van der Waals surface area contributed by atoms with Crippen molar-refractivity contribution in [1.82, 2.24) is 0 Å². The quantitative estimate of drug-likeness (QED) is 0.666. The minimum Gasteiger partial charge on any atom is -0.457 e. The Morgan fingerprint density at radius 3 is 2.18 bits per heavy atom. The summed E-state index contributed by atoms with van der Waals surface area (Å²) in [5.74, 6) is -0.840. The van der Waals surface area contributed by atoms with Crippen LogP contribution in [-0.2, 0) is 28.5 Å². The molecule has 0 N–H and O–H groups in total. The second-order valence-electron chi connectivity index (χ2n) is 3.96. The second kappa shape index (κ2) is 5.97. The van der Waals surface area contributed by atoms with Crippen molar-refractivity contribution in [3.8, 4) is 0 Å². The Labute approximate surface area is 100 Å². The number of carbonyl (C=O) groups excluding carboxylic acids is 2. The SMILES string of the molecule is COC1C(OC(C)=O)COC(C)C1OC(C)=O. The van der Waals surface area contributed by atoms with E-state index in [4.69, 9.17) is 18.9 Å². The highest BCUT2D eigenvalue weighted by molar-refractivity contribution is 5.67. The largest absolute Gasteiger partial charge is 0.457 e. The number of rotatable bonds is 3. The van der Waals surface area contributed by atoms with Crippen molar-refractivity contribution in [3.05, 3.63) is 0 Å². The van der Waals surface area contributed by atoms with Crippen LogP contribution in [0.2, 0.25) is 0 Å². The van der Waals surface area contributed by atoms with Crippen LogP contribution in [-0.4, -0.2) is 50.1 Å². The zero-order valence-electron chi connectivity index (χ0n) is 10.5. The topological polar surface area (TPSA) is 71.1 Å². The molecule has 4 atom stereocenters. The summed E-state index contributed by atoms with van der Waals surface area (Å²) in [4.78, 5) is 21.9. The Hall–Kier alpha value is -1.14. The summed E-state index contributed by atoms with van der Waals surface area (Å²) in [5.41, 5.74) is 0. The molecule has 0 bridgehead atoms. The molecule has 0 radical (unpaired) electrons. The van der Waals surface area contributed by atoms with Crippen molar-refractivity contribution in [2.24, 2.45) is 0 Å². The molecular weight excluding hydrogens is 228 g/mol. The maximum atomic E-state index is 11.0. The normalized spacial score (nSPS) is 32.9. The van der Waals surface area contributed by atoms with Crippen LogP contribution in [0.1, 0.15) is 20.8 Å². The molecule has 1 rings (SSSR count). The van der Waals surface area contributed by atoms with Crippen molar-refractivity contribution in [1.29, 1.82) is 0 Å². The van der Waals surface area contributed by atoms with Crippen LogP contribution in [0.15, 0.2) is 0 Å². The van der Waals surface area contributed by atoms with Gasteiger partial charge in [-0.25, -0.2) is 0 Å². The first kappa shape index (κ1) is 13.9. The molecule has 0 aromatic carbocycles. The van der Waals surface area contributed by atoms with Gasteiger partial charge in [0, 0.05) is 21.0 Å². The third-order valence-corrected chi connectivity index (χ3v) is 2.57. The van der Waals surface area contributed by atoms with Crippen LogP contribution in [0.4, 0.5) is 0 Å². The fourth-order valence-electron chi connectivity index (χ4n) is 1.87. The van der Waals surface area contributed by atoms with Gasteiger partial charge in [0.05, 0.1) is 12.7 Å². The Morgan fingerprint density at radius 1 is 1.12 bits per heavy atom. The van der Waals surface area contributed by atoms with Crippen molar-refractivity contribution in [3.63, 3.8) is 0 Å². The highest BCUT2D eigenvalue weighted by atomic mass is 16.6. The van der Waals surface area contributed by atoms with Gasteiger partial charge in [0.2, 0.25) is 0 Å². The van der Waals surface area contributed by atoms with Gasteiger partial charge >= 0.3 is 11.9 Å².